The van der Waals surface area contributed by atoms with Gasteiger partial charge >= 0.3 is 0 Å². The normalized spacial score (nSPS) is 27.9. The van der Waals surface area contributed by atoms with Gasteiger partial charge in [0.25, 0.3) is 0 Å². The van der Waals surface area contributed by atoms with E-state index in [9.17, 15) is 45.6 Å². The third kappa shape index (κ3) is 23.1. The lowest BCUT2D eigenvalue weighted by Crippen LogP contribution is -2.65. The molecule has 12 unspecified atom stereocenters. The molecule has 14 nitrogen and oxygen atoms in total. The maximum absolute atomic E-state index is 12.9. The van der Waals surface area contributed by atoms with Crippen LogP contribution in [0.5, 0.6) is 0 Å². The molecule has 2 aliphatic heterocycles. The first-order chi connectivity index (χ1) is 30.1. The van der Waals surface area contributed by atoms with Gasteiger partial charge in [0.05, 0.1) is 32.0 Å². The van der Waals surface area contributed by atoms with Gasteiger partial charge in [0, 0.05) is 6.42 Å². The Morgan fingerprint density at radius 3 is 1.58 bits per heavy atom. The summed E-state index contributed by atoms with van der Waals surface area (Å²) < 4.78 is 22.5. The number of allylic oxidation sites excluding steroid dienone is 3. The largest absolute Gasteiger partial charge is 0.394 e. The number of unbranched alkanes of at least 4 members (excludes halogenated alkanes) is 22. The SMILES string of the molecule is CCCCCCCCCCCCCCCCCCCC/C=C/CC/C=C/C(O)C(COC1OC(CO)C(OC2OC(CO)C(O)C(O)C2O)C(O)C1O)NC(=O)CCCCCC. The maximum atomic E-state index is 12.9. The van der Waals surface area contributed by atoms with Gasteiger partial charge in [-0.1, -0.05) is 167 Å². The first-order valence-corrected chi connectivity index (χ1v) is 24.6. The molecule has 2 heterocycles. The molecule has 2 rings (SSSR count). The average Bonchev–Trinajstić information content (AvgIpc) is 3.27. The van der Waals surface area contributed by atoms with Crippen molar-refractivity contribution < 1.29 is 64.6 Å². The molecular formula is C48H89NO13. The Bertz CT molecular complexity index is 1140. The molecule has 2 saturated heterocycles. The first kappa shape index (κ1) is 56.6. The lowest BCUT2D eigenvalue weighted by Gasteiger charge is -2.46. The number of rotatable bonds is 37. The van der Waals surface area contributed by atoms with Crippen molar-refractivity contribution in [1.29, 1.82) is 0 Å². The smallest absolute Gasteiger partial charge is 0.220 e. The molecule has 12 atom stereocenters. The molecule has 0 aromatic carbocycles. The van der Waals surface area contributed by atoms with Crippen LogP contribution in [0.15, 0.2) is 24.3 Å². The van der Waals surface area contributed by atoms with Crippen LogP contribution in [-0.2, 0) is 23.7 Å². The topological polar surface area (TPSA) is 228 Å². The Hall–Kier alpha value is -1.53. The molecular weight excluding hydrogens is 799 g/mol. The second-order valence-electron chi connectivity index (χ2n) is 17.6. The number of hydrogen-bond acceptors (Lipinski definition) is 13. The molecule has 0 bridgehead atoms. The van der Waals surface area contributed by atoms with Crippen LogP contribution in [0.25, 0.3) is 0 Å². The number of nitrogens with one attached hydrogen (secondary N) is 1. The predicted octanol–water partition coefficient (Wildman–Crippen LogP) is 5.77. The number of hydrogen-bond donors (Lipinski definition) is 9. The van der Waals surface area contributed by atoms with Gasteiger partial charge in [-0.25, -0.2) is 0 Å². The zero-order valence-corrected chi connectivity index (χ0v) is 38.4. The molecule has 0 aromatic heterocycles. The monoisotopic (exact) mass is 888 g/mol. The Balaban J connectivity index is 1.72. The molecule has 0 radical (unpaired) electrons. The van der Waals surface area contributed by atoms with Crippen LogP contribution in [0, 0.1) is 0 Å². The minimum absolute atomic E-state index is 0.266. The van der Waals surface area contributed by atoms with E-state index in [4.69, 9.17) is 18.9 Å². The van der Waals surface area contributed by atoms with E-state index < -0.39 is 86.8 Å². The fourth-order valence-corrected chi connectivity index (χ4v) is 8.07. The third-order valence-electron chi connectivity index (χ3n) is 12.1. The average molecular weight is 888 g/mol. The third-order valence-corrected chi connectivity index (χ3v) is 12.1. The second-order valence-corrected chi connectivity index (χ2v) is 17.6. The van der Waals surface area contributed by atoms with Crippen LogP contribution in [-0.4, -0.2) is 140 Å². The van der Waals surface area contributed by atoms with E-state index in [0.717, 1.165) is 32.1 Å². The van der Waals surface area contributed by atoms with E-state index in [1.54, 1.807) is 6.08 Å². The van der Waals surface area contributed by atoms with Crippen LogP contribution in [0.4, 0.5) is 0 Å². The molecule has 0 aliphatic carbocycles. The highest BCUT2D eigenvalue weighted by molar-refractivity contribution is 5.76. The summed E-state index contributed by atoms with van der Waals surface area (Å²) in [5.41, 5.74) is 0. The van der Waals surface area contributed by atoms with Crippen molar-refractivity contribution in [2.45, 2.75) is 254 Å². The van der Waals surface area contributed by atoms with Crippen molar-refractivity contribution in [2.75, 3.05) is 19.8 Å². The van der Waals surface area contributed by atoms with E-state index in [0.29, 0.717) is 12.8 Å². The van der Waals surface area contributed by atoms with Gasteiger partial charge in [0.2, 0.25) is 5.91 Å². The van der Waals surface area contributed by atoms with Gasteiger partial charge in [0.15, 0.2) is 12.6 Å². The summed E-state index contributed by atoms with van der Waals surface area (Å²) in [4.78, 5) is 12.9. The van der Waals surface area contributed by atoms with Gasteiger partial charge in [0.1, 0.15) is 48.8 Å². The predicted molar refractivity (Wildman–Crippen MR) is 240 cm³/mol. The molecule has 0 saturated carbocycles. The highest BCUT2D eigenvalue weighted by atomic mass is 16.7. The minimum Gasteiger partial charge on any atom is -0.394 e. The van der Waals surface area contributed by atoms with Gasteiger partial charge in [-0.05, 0) is 32.1 Å². The summed E-state index contributed by atoms with van der Waals surface area (Å²) in [7, 11) is 0. The van der Waals surface area contributed by atoms with Crippen molar-refractivity contribution in [1.82, 2.24) is 5.32 Å². The summed E-state index contributed by atoms with van der Waals surface area (Å²) in [6.45, 7) is 2.62. The molecule has 9 N–H and O–H groups in total. The van der Waals surface area contributed by atoms with E-state index >= 15 is 0 Å². The van der Waals surface area contributed by atoms with Crippen LogP contribution in [0.1, 0.15) is 181 Å². The maximum Gasteiger partial charge on any atom is 0.220 e. The number of ether oxygens (including phenoxy) is 4. The van der Waals surface area contributed by atoms with Crippen LogP contribution in [0.2, 0.25) is 0 Å². The Morgan fingerprint density at radius 2 is 1.03 bits per heavy atom. The van der Waals surface area contributed by atoms with E-state index in [1.165, 1.54) is 116 Å². The molecule has 2 fully saturated rings. The van der Waals surface area contributed by atoms with Crippen molar-refractivity contribution in [3.63, 3.8) is 0 Å². The molecule has 2 aliphatic rings. The second kappa shape index (κ2) is 35.7. The molecule has 364 valence electrons. The molecule has 1 amide bonds. The van der Waals surface area contributed by atoms with Crippen LogP contribution in [0.3, 0.4) is 0 Å². The van der Waals surface area contributed by atoms with Crippen molar-refractivity contribution in [2.24, 2.45) is 0 Å². The quantitative estimate of drug-likeness (QED) is 0.0267. The van der Waals surface area contributed by atoms with E-state index in [2.05, 4.69) is 31.3 Å². The Kier molecular flexibility index (Phi) is 32.6. The lowest BCUT2D eigenvalue weighted by atomic mass is 9.97. The summed E-state index contributed by atoms with van der Waals surface area (Å²) in [5, 5.41) is 86.1. The summed E-state index contributed by atoms with van der Waals surface area (Å²) >= 11 is 0. The zero-order valence-electron chi connectivity index (χ0n) is 38.4. The molecule has 0 aromatic rings. The minimum atomic E-state index is -1.79. The number of aliphatic hydroxyl groups is 8. The van der Waals surface area contributed by atoms with Gasteiger partial charge in [-0.2, -0.15) is 0 Å². The van der Waals surface area contributed by atoms with Crippen molar-refractivity contribution >= 4 is 5.91 Å². The van der Waals surface area contributed by atoms with E-state index in [-0.39, 0.29) is 18.9 Å². The summed E-state index contributed by atoms with van der Waals surface area (Å²) in [6.07, 6.45) is 21.8. The van der Waals surface area contributed by atoms with Crippen molar-refractivity contribution in [3.8, 4) is 0 Å². The van der Waals surface area contributed by atoms with Gasteiger partial charge in [-0.3, -0.25) is 4.79 Å². The molecule has 14 heteroatoms. The Labute approximate surface area is 373 Å². The van der Waals surface area contributed by atoms with Crippen LogP contribution >= 0.6 is 0 Å². The standard InChI is InChI=1S/C48H89NO13/c1-3-5-7-9-10-11-12-13-14-15-16-17-18-19-20-21-22-23-24-25-26-27-28-29-31-37(52)36(49-40(53)32-30-8-6-4-2)35-59-47-45(58)43(56)46(39(34-51)61-47)62-48-44(57)42(55)41(54)38(33-50)60-48/h25-26,29,31,36-39,41-48,50-52,54-58H,3-24,27-28,30,32-35H2,1-2H3,(H,49,53)/b26-25+,31-29+. The van der Waals surface area contributed by atoms with Gasteiger partial charge in [-0.15, -0.1) is 0 Å². The highest BCUT2D eigenvalue weighted by Crippen LogP contribution is 2.30. The van der Waals surface area contributed by atoms with Crippen LogP contribution < -0.4 is 5.32 Å². The van der Waals surface area contributed by atoms with Crippen molar-refractivity contribution in [3.05, 3.63) is 24.3 Å². The number of amides is 1. The summed E-state index contributed by atoms with van der Waals surface area (Å²) in [6, 6.07) is -0.923. The molecule has 0 spiro atoms. The fraction of sp³-hybridized carbons (Fsp3) is 0.896. The number of carbonyl (C=O) groups excluding carboxylic acids is 1. The zero-order chi connectivity index (χ0) is 45.4. The number of carbonyl (C=O) groups is 1. The first-order valence-electron chi connectivity index (χ1n) is 24.6. The summed E-state index contributed by atoms with van der Waals surface area (Å²) in [5.74, 6) is -0.268. The highest BCUT2D eigenvalue weighted by Gasteiger charge is 2.51. The lowest BCUT2D eigenvalue weighted by molar-refractivity contribution is -0.359. The number of aliphatic hydroxyl groups excluding tert-OH is 8. The molecule has 62 heavy (non-hydrogen) atoms. The van der Waals surface area contributed by atoms with Gasteiger partial charge < -0.3 is 65.1 Å². The Morgan fingerprint density at radius 1 is 0.565 bits per heavy atom. The van der Waals surface area contributed by atoms with E-state index in [1.807, 2.05) is 6.08 Å². The fourth-order valence-electron chi connectivity index (χ4n) is 8.07.